The first-order chi connectivity index (χ1) is 6.34. The molecule has 0 aliphatic carbocycles. The molecular formula is C9H10BrClOZn. The fraction of sp³-hybridized carbons (Fsp3) is 0.333. The summed E-state index contributed by atoms with van der Waals surface area (Å²) < 4.78 is 5.33. The van der Waals surface area contributed by atoms with Gasteiger partial charge in [-0.2, -0.15) is 29.8 Å². The van der Waals surface area contributed by atoms with Crippen LogP contribution in [0.15, 0.2) is 18.2 Å². The quantitative estimate of drug-likeness (QED) is 0.609. The van der Waals surface area contributed by atoms with Crippen LogP contribution in [0.4, 0.5) is 0 Å². The van der Waals surface area contributed by atoms with Gasteiger partial charge in [0.15, 0.2) is 0 Å². The molecule has 0 heterocycles. The molecule has 1 nitrogen and oxygen atoms in total. The van der Waals surface area contributed by atoms with E-state index in [9.17, 15) is 0 Å². The van der Waals surface area contributed by atoms with Crippen molar-refractivity contribution in [3.05, 3.63) is 29.3 Å². The Balaban J connectivity index is 0.000000671. The Bertz CT molecular complexity index is 233. The van der Waals surface area contributed by atoms with Crippen LogP contribution in [0.5, 0.6) is 5.75 Å². The number of rotatable bonds is 3. The minimum atomic E-state index is 0.626. The van der Waals surface area contributed by atoms with Crippen LogP contribution in [-0.4, -0.2) is 6.61 Å². The molecular weight excluding hydrogens is 305 g/mol. The molecule has 0 aliphatic heterocycles. The Morgan fingerprint density at radius 1 is 1.62 bits per heavy atom. The van der Waals surface area contributed by atoms with Crippen LogP contribution in [0.3, 0.4) is 0 Å². The molecule has 1 rings (SSSR count). The van der Waals surface area contributed by atoms with Crippen LogP contribution in [0.2, 0.25) is 5.02 Å². The molecule has 0 atom stereocenters. The molecule has 0 aromatic heterocycles. The SMILES string of the molecule is CCCOc1cc[c-]cc1Cl.[Zn+][Br]. The third-order valence-corrected chi connectivity index (χ3v) is 1.53. The van der Waals surface area contributed by atoms with E-state index in [1.54, 1.807) is 12.1 Å². The Kier molecular flexibility index (Phi) is 9.27. The normalized spacial score (nSPS) is 8.69. The number of hydrogen-bond acceptors (Lipinski definition) is 1. The zero-order chi connectivity index (χ0) is 10.1. The van der Waals surface area contributed by atoms with E-state index in [4.69, 9.17) is 16.3 Å². The molecule has 0 saturated carbocycles. The summed E-state index contributed by atoms with van der Waals surface area (Å²) in [6.07, 6.45) is 0.995. The number of halogens is 2. The van der Waals surface area contributed by atoms with Crippen molar-refractivity contribution in [2.75, 3.05) is 6.61 Å². The topological polar surface area (TPSA) is 9.23 Å². The average Bonchev–Trinajstić information content (AvgIpc) is 2.20. The van der Waals surface area contributed by atoms with E-state index < -0.39 is 0 Å². The summed E-state index contributed by atoms with van der Waals surface area (Å²) in [6, 6.07) is 8.17. The maximum absolute atomic E-state index is 5.80. The van der Waals surface area contributed by atoms with Crippen molar-refractivity contribution in [1.82, 2.24) is 0 Å². The van der Waals surface area contributed by atoms with E-state index in [1.807, 2.05) is 6.07 Å². The molecule has 0 amide bonds. The van der Waals surface area contributed by atoms with Gasteiger partial charge in [-0.05, 0) is 11.4 Å². The molecule has 0 spiro atoms. The number of benzene rings is 1. The van der Waals surface area contributed by atoms with E-state index >= 15 is 0 Å². The summed E-state index contributed by atoms with van der Waals surface area (Å²) in [4.78, 5) is 0. The van der Waals surface area contributed by atoms with Gasteiger partial charge < -0.3 is 4.74 Å². The fourth-order valence-corrected chi connectivity index (χ4v) is 0.905. The third-order valence-electron chi connectivity index (χ3n) is 1.24. The van der Waals surface area contributed by atoms with E-state index in [0.29, 0.717) is 11.6 Å². The van der Waals surface area contributed by atoms with Crippen LogP contribution >= 0.6 is 25.2 Å². The standard InChI is InChI=1S/C9H10ClO.BrH.Zn/c1-2-7-11-9-6-4-3-5-8(9)10;;/h4-6H,2,7H2,1H3;1H;/q-1;;+2/p-1. The molecule has 1 aromatic carbocycles. The summed E-state index contributed by atoms with van der Waals surface area (Å²) in [5.74, 6) is 0.743. The van der Waals surface area contributed by atoms with Crippen molar-refractivity contribution in [3.8, 4) is 5.75 Å². The maximum atomic E-state index is 5.80. The molecule has 4 heteroatoms. The first-order valence-electron chi connectivity index (χ1n) is 3.89. The second kappa shape index (κ2) is 8.99. The van der Waals surface area contributed by atoms with Gasteiger partial charge in [-0.3, -0.25) is 0 Å². The molecule has 0 saturated heterocycles. The number of ether oxygens (including phenoxy) is 1. The van der Waals surface area contributed by atoms with E-state index in [-0.39, 0.29) is 0 Å². The molecule has 0 unspecified atom stereocenters. The summed E-state index contributed by atoms with van der Waals surface area (Å²) >= 11 is 10.1. The summed E-state index contributed by atoms with van der Waals surface area (Å²) in [6.45, 7) is 2.77. The van der Waals surface area contributed by atoms with Gasteiger partial charge in [0.25, 0.3) is 0 Å². The van der Waals surface area contributed by atoms with Crippen LogP contribution < -0.4 is 4.74 Å². The average molecular weight is 315 g/mol. The second-order valence-corrected chi connectivity index (χ2v) is 2.61. The molecule has 0 radical (unpaired) electrons. The van der Waals surface area contributed by atoms with Gasteiger partial charge in [0, 0.05) is 5.75 Å². The Morgan fingerprint density at radius 3 is 2.85 bits per heavy atom. The van der Waals surface area contributed by atoms with Crippen molar-refractivity contribution >= 4 is 25.2 Å². The first-order valence-corrected chi connectivity index (χ1v) is 11.2. The van der Waals surface area contributed by atoms with Gasteiger partial charge in [-0.1, -0.05) is 6.92 Å². The predicted molar refractivity (Wildman–Crippen MR) is 55.0 cm³/mol. The summed E-state index contributed by atoms with van der Waals surface area (Å²) in [5, 5.41) is 0.626. The summed E-state index contributed by atoms with van der Waals surface area (Å²) in [7, 11) is 0. The van der Waals surface area contributed by atoms with Crippen molar-refractivity contribution in [1.29, 1.82) is 0 Å². The van der Waals surface area contributed by atoms with Crippen LogP contribution in [-0.2, 0) is 16.3 Å². The van der Waals surface area contributed by atoms with Gasteiger partial charge in [-0.25, -0.2) is 0 Å². The molecule has 68 valence electrons. The van der Waals surface area contributed by atoms with Gasteiger partial charge in [-0.15, -0.1) is 6.07 Å². The van der Waals surface area contributed by atoms with Crippen LogP contribution in [0, 0.1) is 6.07 Å². The molecule has 0 bridgehead atoms. The van der Waals surface area contributed by atoms with Gasteiger partial charge >= 0.3 is 30.0 Å². The Labute approximate surface area is 101 Å². The Hall–Kier alpha value is 0.413. The first kappa shape index (κ1) is 13.4. The molecule has 13 heavy (non-hydrogen) atoms. The second-order valence-electron chi connectivity index (χ2n) is 2.20. The third kappa shape index (κ3) is 5.67. The number of hydrogen-bond donors (Lipinski definition) is 0. The van der Waals surface area contributed by atoms with Crippen molar-refractivity contribution in [3.63, 3.8) is 0 Å². The summed E-state index contributed by atoms with van der Waals surface area (Å²) in [5.41, 5.74) is 0. The zero-order valence-electron chi connectivity index (χ0n) is 7.52. The van der Waals surface area contributed by atoms with E-state index in [0.717, 1.165) is 12.2 Å². The molecule has 1 aromatic rings. The minimum absolute atomic E-state index is 0.626. The predicted octanol–water partition coefficient (Wildman–Crippen LogP) is 3.77. The van der Waals surface area contributed by atoms with Crippen LogP contribution in [0.1, 0.15) is 13.3 Å². The van der Waals surface area contributed by atoms with Crippen molar-refractivity contribution in [2.24, 2.45) is 0 Å². The molecule has 0 aliphatic rings. The van der Waals surface area contributed by atoms with E-state index in [1.165, 1.54) is 16.3 Å². The van der Waals surface area contributed by atoms with Crippen LogP contribution in [0.25, 0.3) is 0 Å². The van der Waals surface area contributed by atoms with Gasteiger partial charge in [0.05, 0.1) is 6.61 Å². The van der Waals surface area contributed by atoms with Crippen molar-refractivity contribution in [2.45, 2.75) is 13.3 Å². The zero-order valence-corrected chi connectivity index (χ0v) is 12.8. The molecule has 0 N–H and O–H groups in total. The van der Waals surface area contributed by atoms with E-state index in [2.05, 4.69) is 26.6 Å². The molecule has 0 fully saturated rings. The van der Waals surface area contributed by atoms with Gasteiger partial charge in [0.1, 0.15) is 0 Å². The monoisotopic (exact) mass is 312 g/mol. The van der Waals surface area contributed by atoms with Crippen molar-refractivity contribution < 1.29 is 21.1 Å². The Morgan fingerprint density at radius 2 is 2.31 bits per heavy atom. The van der Waals surface area contributed by atoms with Gasteiger partial charge in [0.2, 0.25) is 0 Å². The fourth-order valence-electron chi connectivity index (χ4n) is 0.725.